The number of aromatic nitrogens is 1. The predicted octanol–water partition coefficient (Wildman–Crippen LogP) is 3.51. The van der Waals surface area contributed by atoms with Crippen molar-refractivity contribution in [2.45, 2.75) is 13.0 Å². The maximum atomic E-state index is 13.5. The van der Waals surface area contributed by atoms with E-state index in [9.17, 15) is 9.18 Å². The van der Waals surface area contributed by atoms with Crippen LogP contribution < -0.4 is 0 Å². The Morgan fingerprint density at radius 3 is 2.77 bits per heavy atom. The third kappa shape index (κ3) is 2.08. The molecule has 4 rings (SSSR count). The van der Waals surface area contributed by atoms with Gasteiger partial charge >= 0.3 is 0 Å². The maximum Gasteiger partial charge on any atom is 0.254 e. The lowest BCUT2D eigenvalue weighted by atomic mass is 10.0. The Morgan fingerprint density at radius 2 is 1.95 bits per heavy atom. The minimum Gasteiger partial charge on any atom is -0.358 e. The van der Waals surface area contributed by atoms with Gasteiger partial charge in [-0.1, -0.05) is 18.2 Å². The third-order valence-corrected chi connectivity index (χ3v) is 4.25. The molecule has 0 aliphatic carbocycles. The molecule has 1 aromatic heterocycles. The molecule has 0 unspecified atom stereocenters. The second-order valence-electron chi connectivity index (χ2n) is 5.61. The molecule has 0 saturated heterocycles. The van der Waals surface area contributed by atoms with Crippen LogP contribution in [-0.4, -0.2) is 22.3 Å². The normalized spacial score (nSPS) is 14.1. The van der Waals surface area contributed by atoms with Gasteiger partial charge in [0.25, 0.3) is 5.91 Å². The number of hydrogen-bond donors (Lipinski definition) is 1. The number of carbonyl (C=O) groups excluding carboxylic acids is 1. The molecule has 0 radical (unpaired) electrons. The number of amides is 1. The standard InChI is InChI=1S/C18H15FN2O/c19-13-6-7-16-14(10-13)15-11-21(9-8-17(15)20-16)18(22)12-4-2-1-3-5-12/h1-7,10,20H,8-9,11H2. The molecule has 2 aromatic carbocycles. The van der Waals surface area contributed by atoms with Crippen LogP contribution in [0.2, 0.25) is 0 Å². The van der Waals surface area contributed by atoms with Crippen molar-refractivity contribution < 1.29 is 9.18 Å². The van der Waals surface area contributed by atoms with E-state index in [2.05, 4.69) is 4.98 Å². The van der Waals surface area contributed by atoms with E-state index >= 15 is 0 Å². The smallest absolute Gasteiger partial charge is 0.254 e. The average Bonchev–Trinajstić information content (AvgIpc) is 2.92. The summed E-state index contributed by atoms with van der Waals surface area (Å²) in [7, 11) is 0. The Morgan fingerprint density at radius 1 is 1.14 bits per heavy atom. The molecular formula is C18H15FN2O. The summed E-state index contributed by atoms with van der Waals surface area (Å²) in [5.41, 5.74) is 3.76. The zero-order chi connectivity index (χ0) is 15.1. The summed E-state index contributed by atoms with van der Waals surface area (Å²) >= 11 is 0. The Labute approximate surface area is 127 Å². The topological polar surface area (TPSA) is 36.1 Å². The van der Waals surface area contributed by atoms with Gasteiger partial charge in [-0.15, -0.1) is 0 Å². The van der Waals surface area contributed by atoms with Crippen LogP contribution in [0.1, 0.15) is 21.6 Å². The molecule has 1 N–H and O–H groups in total. The molecule has 110 valence electrons. The Kier molecular flexibility index (Phi) is 2.96. The zero-order valence-electron chi connectivity index (χ0n) is 12.0. The summed E-state index contributed by atoms with van der Waals surface area (Å²) in [4.78, 5) is 17.7. The maximum absolute atomic E-state index is 13.5. The predicted molar refractivity (Wildman–Crippen MR) is 83.1 cm³/mol. The number of aromatic amines is 1. The molecule has 1 amide bonds. The molecule has 2 heterocycles. The van der Waals surface area contributed by atoms with E-state index in [0.29, 0.717) is 18.7 Å². The van der Waals surface area contributed by atoms with E-state index in [1.807, 2.05) is 35.2 Å². The van der Waals surface area contributed by atoms with E-state index in [-0.39, 0.29) is 11.7 Å². The molecule has 22 heavy (non-hydrogen) atoms. The monoisotopic (exact) mass is 294 g/mol. The van der Waals surface area contributed by atoms with Crippen molar-refractivity contribution in [1.82, 2.24) is 9.88 Å². The summed E-state index contributed by atoms with van der Waals surface area (Å²) < 4.78 is 13.5. The SMILES string of the molecule is O=C(c1ccccc1)N1CCc2[nH]c3ccc(F)cc3c2C1. The number of H-pyrrole nitrogens is 1. The van der Waals surface area contributed by atoms with Crippen LogP contribution in [0.15, 0.2) is 48.5 Å². The summed E-state index contributed by atoms with van der Waals surface area (Å²) in [6.45, 7) is 1.20. The van der Waals surface area contributed by atoms with Crippen molar-refractivity contribution in [3.8, 4) is 0 Å². The molecule has 4 heteroatoms. The van der Waals surface area contributed by atoms with Crippen molar-refractivity contribution in [1.29, 1.82) is 0 Å². The number of halogens is 1. The van der Waals surface area contributed by atoms with Crippen LogP contribution in [0.25, 0.3) is 10.9 Å². The van der Waals surface area contributed by atoms with Crippen molar-refractivity contribution in [3.05, 3.63) is 71.2 Å². The molecule has 1 aliphatic rings. The van der Waals surface area contributed by atoms with Gasteiger partial charge in [0.05, 0.1) is 0 Å². The van der Waals surface area contributed by atoms with E-state index in [1.165, 1.54) is 6.07 Å². The first-order valence-corrected chi connectivity index (χ1v) is 7.35. The highest BCUT2D eigenvalue weighted by Gasteiger charge is 2.24. The number of fused-ring (bicyclic) bond motifs is 3. The molecule has 0 bridgehead atoms. The van der Waals surface area contributed by atoms with Crippen LogP contribution >= 0.6 is 0 Å². The van der Waals surface area contributed by atoms with Gasteiger partial charge in [0, 0.05) is 47.2 Å². The summed E-state index contributed by atoms with van der Waals surface area (Å²) in [5, 5.41) is 0.876. The van der Waals surface area contributed by atoms with Gasteiger partial charge in [0.1, 0.15) is 5.82 Å². The first-order chi connectivity index (χ1) is 10.7. The molecular weight excluding hydrogens is 279 g/mol. The number of nitrogens with one attached hydrogen (secondary N) is 1. The number of hydrogen-bond acceptors (Lipinski definition) is 1. The van der Waals surface area contributed by atoms with Crippen molar-refractivity contribution in [2.75, 3.05) is 6.54 Å². The van der Waals surface area contributed by atoms with Gasteiger partial charge in [-0.05, 0) is 30.3 Å². The number of nitrogens with zero attached hydrogens (tertiary/aromatic N) is 1. The number of carbonyl (C=O) groups is 1. The van der Waals surface area contributed by atoms with Gasteiger partial charge in [-0.25, -0.2) is 4.39 Å². The molecule has 3 nitrogen and oxygen atoms in total. The Hall–Kier alpha value is -2.62. The molecule has 1 aliphatic heterocycles. The molecule has 3 aromatic rings. The van der Waals surface area contributed by atoms with Crippen LogP contribution in [0.5, 0.6) is 0 Å². The lowest BCUT2D eigenvalue weighted by Gasteiger charge is -2.27. The minimum absolute atomic E-state index is 0.0250. The van der Waals surface area contributed by atoms with Crippen LogP contribution in [-0.2, 0) is 13.0 Å². The van der Waals surface area contributed by atoms with E-state index in [1.54, 1.807) is 12.1 Å². The average molecular weight is 294 g/mol. The Balaban J connectivity index is 1.70. The lowest BCUT2D eigenvalue weighted by molar-refractivity contribution is 0.0735. The third-order valence-electron chi connectivity index (χ3n) is 4.25. The zero-order valence-corrected chi connectivity index (χ0v) is 12.0. The van der Waals surface area contributed by atoms with Crippen molar-refractivity contribution in [3.63, 3.8) is 0 Å². The lowest BCUT2D eigenvalue weighted by Crippen LogP contribution is -2.35. The van der Waals surface area contributed by atoms with Gasteiger partial charge in [-0.3, -0.25) is 4.79 Å². The quantitative estimate of drug-likeness (QED) is 0.732. The number of rotatable bonds is 1. The van der Waals surface area contributed by atoms with E-state index in [4.69, 9.17) is 0 Å². The first kappa shape index (κ1) is 13.1. The summed E-state index contributed by atoms with van der Waals surface area (Å²) in [6.07, 6.45) is 0.768. The molecule has 0 spiro atoms. The summed E-state index contributed by atoms with van der Waals surface area (Å²) in [6, 6.07) is 14.0. The Bertz CT molecular complexity index is 854. The van der Waals surface area contributed by atoms with Crippen molar-refractivity contribution >= 4 is 16.8 Å². The second-order valence-corrected chi connectivity index (χ2v) is 5.61. The number of benzene rings is 2. The highest BCUT2D eigenvalue weighted by molar-refractivity contribution is 5.95. The van der Waals surface area contributed by atoms with Gasteiger partial charge in [0.2, 0.25) is 0 Å². The minimum atomic E-state index is -0.249. The van der Waals surface area contributed by atoms with Crippen LogP contribution in [0.3, 0.4) is 0 Å². The van der Waals surface area contributed by atoms with Crippen molar-refractivity contribution in [2.24, 2.45) is 0 Å². The molecule has 0 atom stereocenters. The second kappa shape index (κ2) is 4.98. The molecule has 0 saturated carbocycles. The van der Waals surface area contributed by atoms with Gasteiger partial charge in [0.15, 0.2) is 0 Å². The fourth-order valence-electron chi connectivity index (χ4n) is 3.12. The highest BCUT2D eigenvalue weighted by atomic mass is 19.1. The highest BCUT2D eigenvalue weighted by Crippen LogP contribution is 2.28. The van der Waals surface area contributed by atoms with Crippen LogP contribution in [0.4, 0.5) is 4.39 Å². The fourth-order valence-corrected chi connectivity index (χ4v) is 3.12. The van der Waals surface area contributed by atoms with E-state index in [0.717, 1.165) is 28.6 Å². The van der Waals surface area contributed by atoms with E-state index < -0.39 is 0 Å². The van der Waals surface area contributed by atoms with Gasteiger partial charge in [-0.2, -0.15) is 0 Å². The largest absolute Gasteiger partial charge is 0.358 e. The van der Waals surface area contributed by atoms with Crippen LogP contribution in [0, 0.1) is 5.82 Å². The van der Waals surface area contributed by atoms with Gasteiger partial charge < -0.3 is 9.88 Å². The molecule has 0 fully saturated rings. The fraction of sp³-hybridized carbons (Fsp3) is 0.167. The summed E-state index contributed by atoms with van der Waals surface area (Å²) in [5.74, 6) is -0.224. The first-order valence-electron chi connectivity index (χ1n) is 7.35.